The molecule has 0 spiro atoms. The Balaban J connectivity index is 1.56. The number of anilines is 1. The summed E-state index contributed by atoms with van der Waals surface area (Å²) in [5.41, 5.74) is 3.82. The summed E-state index contributed by atoms with van der Waals surface area (Å²) in [6.45, 7) is 7.05. The summed E-state index contributed by atoms with van der Waals surface area (Å²) >= 11 is 0. The summed E-state index contributed by atoms with van der Waals surface area (Å²) < 4.78 is 0. The smallest absolute Gasteiger partial charge is 0.227 e. The minimum atomic E-state index is -0.0741. The SMILES string of the molecule is CCNC(=NCCC(=O)Nc1ccc(C)cn1)N1CCc2ccccc2C1. The molecule has 6 heteroatoms. The molecule has 2 aromatic rings. The van der Waals surface area contributed by atoms with Gasteiger partial charge in [0.1, 0.15) is 5.82 Å². The third-order valence-corrected chi connectivity index (χ3v) is 4.54. The summed E-state index contributed by atoms with van der Waals surface area (Å²) in [5, 5.41) is 6.16. The third-order valence-electron chi connectivity index (χ3n) is 4.54. The van der Waals surface area contributed by atoms with Gasteiger partial charge in [0, 0.05) is 32.3 Å². The van der Waals surface area contributed by atoms with Crippen LogP contribution in [0.2, 0.25) is 0 Å². The standard InChI is InChI=1S/C21H27N5O/c1-3-22-21(26-13-11-17-6-4-5-7-18(17)15-26)23-12-10-20(27)25-19-9-8-16(2)14-24-19/h4-9,14H,3,10-13,15H2,1-2H3,(H,22,23)(H,24,25,27). The fraction of sp³-hybridized carbons (Fsp3) is 0.381. The summed E-state index contributed by atoms with van der Waals surface area (Å²) in [5.74, 6) is 1.37. The van der Waals surface area contributed by atoms with Crippen molar-refractivity contribution in [3.63, 3.8) is 0 Å². The van der Waals surface area contributed by atoms with E-state index >= 15 is 0 Å². The van der Waals surface area contributed by atoms with E-state index in [1.165, 1.54) is 11.1 Å². The van der Waals surface area contributed by atoms with Crippen LogP contribution in [0.5, 0.6) is 0 Å². The highest BCUT2D eigenvalue weighted by molar-refractivity contribution is 5.90. The number of rotatable bonds is 5. The Bertz CT molecular complexity index is 800. The molecular weight excluding hydrogens is 338 g/mol. The molecule has 3 rings (SSSR count). The van der Waals surface area contributed by atoms with E-state index in [1.54, 1.807) is 6.20 Å². The van der Waals surface area contributed by atoms with E-state index in [2.05, 4.69) is 56.7 Å². The van der Waals surface area contributed by atoms with Crippen LogP contribution in [0.3, 0.4) is 0 Å². The number of aryl methyl sites for hydroxylation is 1. The van der Waals surface area contributed by atoms with Crippen LogP contribution in [0.1, 0.15) is 30.0 Å². The van der Waals surface area contributed by atoms with Crippen molar-refractivity contribution in [1.29, 1.82) is 0 Å². The van der Waals surface area contributed by atoms with Crippen LogP contribution in [0.4, 0.5) is 5.82 Å². The summed E-state index contributed by atoms with van der Waals surface area (Å²) in [4.78, 5) is 23.2. The lowest BCUT2D eigenvalue weighted by Crippen LogP contribution is -2.44. The molecular formula is C21H27N5O. The lowest BCUT2D eigenvalue weighted by Gasteiger charge is -2.31. The van der Waals surface area contributed by atoms with Crippen molar-refractivity contribution in [3.05, 3.63) is 59.3 Å². The molecule has 0 saturated carbocycles. The molecule has 1 aromatic carbocycles. The second kappa shape index (κ2) is 9.16. The molecule has 27 heavy (non-hydrogen) atoms. The molecule has 0 saturated heterocycles. The number of aliphatic imine (C=N–C) groups is 1. The van der Waals surface area contributed by atoms with Crippen molar-refractivity contribution < 1.29 is 4.79 Å². The van der Waals surface area contributed by atoms with Gasteiger partial charge in [0.2, 0.25) is 5.91 Å². The quantitative estimate of drug-likeness (QED) is 0.631. The van der Waals surface area contributed by atoms with Gasteiger partial charge in [-0.3, -0.25) is 9.79 Å². The maximum absolute atomic E-state index is 12.1. The molecule has 142 valence electrons. The summed E-state index contributed by atoms with van der Waals surface area (Å²) in [6.07, 6.45) is 3.08. The Labute approximate surface area is 160 Å². The number of nitrogens with one attached hydrogen (secondary N) is 2. The number of carbonyl (C=O) groups excluding carboxylic acids is 1. The molecule has 0 aliphatic carbocycles. The fourth-order valence-electron chi connectivity index (χ4n) is 3.11. The van der Waals surface area contributed by atoms with Crippen molar-refractivity contribution in [2.24, 2.45) is 4.99 Å². The number of carbonyl (C=O) groups is 1. The van der Waals surface area contributed by atoms with Gasteiger partial charge in [-0.2, -0.15) is 0 Å². The lowest BCUT2D eigenvalue weighted by molar-refractivity contribution is -0.116. The van der Waals surface area contributed by atoms with Crippen LogP contribution in [-0.4, -0.2) is 41.4 Å². The van der Waals surface area contributed by atoms with Crippen molar-refractivity contribution >= 4 is 17.7 Å². The Morgan fingerprint density at radius 3 is 2.78 bits per heavy atom. The molecule has 0 unspecified atom stereocenters. The van der Waals surface area contributed by atoms with E-state index < -0.39 is 0 Å². The van der Waals surface area contributed by atoms with Gasteiger partial charge in [-0.15, -0.1) is 0 Å². The molecule has 6 nitrogen and oxygen atoms in total. The second-order valence-corrected chi connectivity index (χ2v) is 6.69. The maximum atomic E-state index is 12.1. The van der Waals surface area contributed by atoms with Crippen LogP contribution >= 0.6 is 0 Å². The van der Waals surface area contributed by atoms with E-state index in [0.29, 0.717) is 18.8 Å². The Hall–Kier alpha value is -2.89. The number of hydrogen-bond donors (Lipinski definition) is 2. The van der Waals surface area contributed by atoms with Crippen LogP contribution < -0.4 is 10.6 Å². The van der Waals surface area contributed by atoms with E-state index in [0.717, 1.165) is 37.6 Å². The average molecular weight is 365 g/mol. The number of aromatic nitrogens is 1. The van der Waals surface area contributed by atoms with Gasteiger partial charge in [0.25, 0.3) is 0 Å². The minimum Gasteiger partial charge on any atom is -0.357 e. The topological polar surface area (TPSA) is 69.6 Å². The fourth-order valence-corrected chi connectivity index (χ4v) is 3.11. The van der Waals surface area contributed by atoms with Gasteiger partial charge in [-0.25, -0.2) is 4.98 Å². The lowest BCUT2D eigenvalue weighted by atomic mass is 10.0. The number of benzene rings is 1. The first-order valence-corrected chi connectivity index (χ1v) is 9.48. The van der Waals surface area contributed by atoms with Gasteiger partial charge in [0.15, 0.2) is 5.96 Å². The van der Waals surface area contributed by atoms with Crippen LogP contribution in [0.25, 0.3) is 0 Å². The number of guanidine groups is 1. The second-order valence-electron chi connectivity index (χ2n) is 6.69. The summed E-state index contributed by atoms with van der Waals surface area (Å²) in [6, 6.07) is 12.3. The Morgan fingerprint density at radius 2 is 2.04 bits per heavy atom. The van der Waals surface area contributed by atoms with Crippen LogP contribution in [0, 0.1) is 6.92 Å². The zero-order valence-corrected chi connectivity index (χ0v) is 16.0. The molecule has 0 atom stereocenters. The van der Waals surface area contributed by atoms with E-state index in [4.69, 9.17) is 0 Å². The van der Waals surface area contributed by atoms with Crippen molar-refractivity contribution in [2.45, 2.75) is 33.2 Å². The van der Waals surface area contributed by atoms with E-state index in [-0.39, 0.29) is 5.91 Å². The zero-order valence-electron chi connectivity index (χ0n) is 16.0. The largest absolute Gasteiger partial charge is 0.357 e. The minimum absolute atomic E-state index is 0.0741. The van der Waals surface area contributed by atoms with Crippen molar-refractivity contribution in [3.8, 4) is 0 Å². The van der Waals surface area contributed by atoms with Gasteiger partial charge >= 0.3 is 0 Å². The molecule has 2 N–H and O–H groups in total. The van der Waals surface area contributed by atoms with Crippen molar-refractivity contribution in [2.75, 3.05) is 25.0 Å². The van der Waals surface area contributed by atoms with Gasteiger partial charge in [-0.05, 0) is 43.0 Å². The average Bonchev–Trinajstić information content (AvgIpc) is 2.69. The molecule has 1 aliphatic heterocycles. The molecule has 0 bridgehead atoms. The molecule has 0 radical (unpaired) electrons. The van der Waals surface area contributed by atoms with Gasteiger partial charge < -0.3 is 15.5 Å². The van der Waals surface area contributed by atoms with Crippen LogP contribution in [0.15, 0.2) is 47.6 Å². The Kier molecular flexibility index (Phi) is 6.41. The molecule has 0 fully saturated rings. The highest BCUT2D eigenvalue weighted by atomic mass is 16.1. The zero-order chi connectivity index (χ0) is 19.1. The Morgan fingerprint density at radius 1 is 1.22 bits per heavy atom. The number of nitrogens with zero attached hydrogens (tertiary/aromatic N) is 3. The maximum Gasteiger partial charge on any atom is 0.227 e. The highest BCUT2D eigenvalue weighted by Gasteiger charge is 2.18. The normalized spacial score (nSPS) is 13.9. The summed E-state index contributed by atoms with van der Waals surface area (Å²) in [7, 11) is 0. The number of fused-ring (bicyclic) bond motifs is 1. The molecule has 2 heterocycles. The first-order chi connectivity index (χ1) is 13.2. The van der Waals surface area contributed by atoms with E-state index in [9.17, 15) is 4.79 Å². The third kappa shape index (κ3) is 5.29. The molecule has 1 aliphatic rings. The van der Waals surface area contributed by atoms with Crippen LogP contribution in [-0.2, 0) is 17.8 Å². The van der Waals surface area contributed by atoms with Gasteiger partial charge in [-0.1, -0.05) is 30.3 Å². The number of pyridine rings is 1. The highest BCUT2D eigenvalue weighted by Crippen LogP contribution is 2.18. The van der Waals surface area contributed by atoms with Gasteiger partial charge in [0.05, 0.1) is 6.54 Å². The predicted molar refractivity (Wildman–Crippen MR) is 109 cm³/mol. The monoisotopic (exact) mass is 365 g/mol. The first-order valence-electron chi connectivity index (χ1n) is 9.48. The van der Waals surface area contributed by atoms with E-state index in [1.807, 2.05) is 19.1 Å². The molecule has 1 amide bonds. The molecule has 1 aromatic heterocycles. The number of hydrogen-bond acceptors (Lipinski definition) is 3. The van der Waals surface area contributed by atoms with Crippen molar-refractivity contribution in [1.82, 2.24) is 15.2 Å². The number of amides is 1. The first kappa shape index (κ1) is 18.9. The predicted octanol–water partition coefficient (Wildman–Crippen LogP) is 2.74.